The first-order valence-corrected chi connectivity index (χ1v) is 12.3. The molecule has 0 bridgehead atoms. The van der Waals surface area contributed by atoms with E-state index in [1.54, 1.807) is 0 Å². The molecule has 0 N–H and O–H groups in total. The maximum atomic E-state index is 3.48. The minimum absolute atomic E-state index is 0.675. The Morgan fingerprint density at radius 1 is 0.462 bits per heavy atom. The Bertz CT molecular complexity index is 306. The first kappa shape index (κ1) is 25.6. The van der Waals surface area contributed by atoms with Crippen LogP contribution in [0.25, 0.3) is 0 Å². The van der Waals surface area contributed by atoms with E-state index >= 15 is 0 Å². The molecule has 0 saturated heterocycles. The van der Waals surface area contributed by atoms with Gasteiger partial charge in [-0.3, -0.25) is 0 Å². The van der Waals surface area contributed by atoms with Crippen LogP contribution in [-0.4, -0.2) is 0 Å². The van der Waals surface area contributed by atoms with Gasteiger partial charge in [-0.25, -0.2) is 0 Å². The van der Waals surface area contributed by atoms with Crippen molar-refractivity contribution >= 4 is 0 Å². The van der Waals surface area contributed by atoms with E-state index < -0.39 is 0 Å². The summed E-state index contributed by atoms with van der Waals surface area (Å²) in [7, 11) is 0. The molecular formula is C26H50. The zero-order valence-electron chi connectivity index (χ0n) is 18.7. The van der Waals surface area contributed by atoms with Crippen LogP contribution in [0.1, 0.15) is 149 Å². The highest BCUT2D eigenvalue weighted by Gasteiger charge is 2.05. The Kier molecular flexibility index (Phi) is 22.2. The molecule has 0 fully saturated rings. The van der Waals surface area contributed by atoms with Gasteiger partial charge in [0.2, 0.25) is 0 Å². The lowest BCUT2D eigenvalue weighted by atomic mass is 9.94. The highest BCUT2D eigenvalue weighted by atomic mass is 14.1. The Morgan fingerprint density at radius 3 is 1.08 bits per heavy atom. The summed E-state index contributed by atoms with van der Waals surface area (Å²) in [6.07, 6.45) is 28.4. The fraction of sp³-hybridized carbons (Fsp3) is 0.923. The molecule has 1 unspecified atom stereocenters. The van der Waals surface area contributed by atoms with Gasteiger partial charge in [-0.05, 0) is 19.8 Å². The molecule has 0 saturated carbocycles. The molecule has 154 valence electrons. The average molecular weight is 363 g/mol. The Balaban J connectivity index is 3.44. The molecule has 0 nitrogen and oxygen atoms in total. The lowest BCUT2D eigenvalue weighted by molar-refractivity contribution is 0.472. The number of hydrogen-bond donors (Lipinski definition) is 0. The van der Waals surface area contributed by atoms with Crippen molar-refractivity contribution in [2.24, 2.45) is 5.92 Å². The van der Waals surface area contributed by atoms with Crippen molar-refractivity contribution in [2.45, 2.75) is 149 Å². The fourth-order valence-electron chi connectivity index (χ4n) is 3.90. The predicted octanol–water partition coefficient (Wildman–Crippen LogP) is 9.47. The Hall–Kier alpha value is -0.440. The van der Waals surface area contributed by atoms with E-state index in [1.807, 2.05) is 6.92 Å². The van der Waals surface area contributed by atoms with Crippen molar-refractivity contribution in [1.82, 2.24) is 0 Å². The fourth-order valence-corrected chi connectivity index (χ4v) is 3.90. The van der Waals surface area contributed by atoms with E-state index in [2.05, 4.69) is 25.7 Å². The van der Waals surface area contributed by atoms with E-state index in [0.717, 1.165) is 0 Å². The van der Waals surface area contributed by atoms with Crippen molar-refractivity contribution in [3.8, 4) is 11.8 Å². The molecule has 0 aromatic carbocycles. The van der Waals surface area contributed by atoms with Crippen LogP contribution in [0.15, 0.2) is 0 Å². The molecule has 0 heterocycles. The Morgan fingerprint density at radius 2 is 0.769 bits per heavy atom. The molecule has 0 aliphatic heterocycles. The highest BCUT2D eigenvalue weighted by Crippen LogP contribution is 2.19. The van der Waals surface area contributed by atoms with Gasteiger partial charge in [0.25, 0.3) is 0 Å². The van der Waals surface area contributed by atoms with Crippen LogP contribution in [0.5, 0.6) is 0 Å². The summed E-state index contributed by atoms with van der Waals surface area (Å²) in [6.45, 7) is 6.60. The minimum atomic E-state index is 0.675. The quantitative estimate of drug-likeness (QED) is 0.149. The molecule has 0 heteroatoms. The van der Waals surface area contributed by atoms with Crippen molar-refractivity contribution in [2.75, 3.05) is 0 Å². The second kappa shape index (κ2) is 22.6. The summed E-state index contributed by atoms with van der Waals surface area (Å²) < 4.78 is 0. The second-order valence-electron chi connectivity index (χ2n) is 8.33. The third-order valence-electron chi connectivity index (χ3n) is 5.66. The number of unbranched alkanes of at least 4 members (excludes halogenated alkanes) is 16. The normalized spacial score (nSPS) is 12.0. The zero-order valence-corrected chi connectivity index (χ0v) is 18.7. The topological polar surface area (TPSA) is 0 Å². The van der Waals surface area contributed by atoms with Crippen molar-refractivity contribution in [1.29, 1.82) is 0 Å². The van der Waals surface area contributed by atoms with Gasteiger partial charge in [-0.15, -0.1) is 11.8 Å². The summed E-state index contributed by atoms with van der Waals surface area (Å²) in [4.78, 5) is 0. The van der Waals surface area contributed by atoms with Crippen molar-refractivity contribution in [3.63, 3.8) is 0 Å². The van der Waals surface area contributed by atoms with Gasteiger partial charge < -0.3 is 0 Å². The monoisotopic (exact) mass is 362 g/mol. The zero-order chi connectivity index (χ0) is 19.1. The summed E-state index contributed by atoms with van der Waals surface area (Å²) in [5.74, 6) is 7.33. The van der Waals surface area contributed by atoms with Gasteiger partial charge in [0.15, 0.2) is 0 Å². The lowest BCUT2D eigenvalue weighted by Crippen LogP contribution is -1.98. The minimum Gasteiger partial charge on any atom is -0.106 e. The van der Waals surface area contributed by atoms with Crippen LogP contribution in [0.3, 0.4) is 0 Å². The molecule has 0 aliphatic rings. The summed E-state index contributed by atoms with van der Waals surface area (Å²) in [6, 6.07) is 0. The van der Waals surface area contributed by atoms with Crippen LogP contribution < -0.4 is 0 Å². The van der Waals surface area contributed by atoms with Gasteiger partial charge in [0.05, 0.1) is 0 Å². The van der Waals surface area contributed by atoms with E-state index in [4.69, 9.17) is 0 Å². The first-order valence-electron chi connectivity index (χ1n) is 12.3. The maximum Gasteiger partial charge on any atom is 0.0202 e. The molecule has 0 spiro atoms. The lowest BCUT2D eigenvalue weighted by Gasteiger charge is -2.10. The van der Waals surface area contributed by atoms with Gasteiger partial charge in [0.1, 0.15) is 0 Å². The summed E-state index contributed by atoms with van der Waals surface area (Å²) >= 11 is 0. The molecular weight excluding hydrogens is 312 g/mol. The smallest absolute Gasteiger partial charge is 0.0202 e. The third-order valence-corrected chi connectivity index (χ3v) is 5.66. The molecule has 1 atom stereocenters. The second-order valence-corrected chi connectivity index (χ2v) is 8.33. The predicted molar refractivity (Wildman–Crippen MR) is 121 cm³/mol. The maximum absolute atomic E-state index is 3.48. The average Bonchev–Trinajstić information content (AvgIpc) is 2.65. The molecule has 0 radical (unpaired) electrons. The number of hydrogen-bond acceptors (Lipinski definition) is 0. The standard InChI is InChI=1S/C26H50/c1-4-7-9-11-13-14-15-16-18-20-22-25-26(23-6-3)24-21-19-17-12-10-8-5-2/h26H,4-5,7-22,24-25H2,1-3H3. The van der Waals surface area contributed by atoms with E-state index in [9.17, 15) is 0 Å². The molecule has 26 heavy (non-hydrogen) atoms. The van der Waals surface area contributed by atoms with Crippen molar-refractivity contribution < 1.29 is 0 Å². The first-order chi connectivity index (χ1) is 12.8. The van der Waals surface area contributed by atoms with Gasteiger partial charge in [-0.2, -0.15) is 0 Å². The molecule has 0 aliphatic carbocycles. The van der Waals surface area contributed by atoms with E-state index in [0.29, 0.717) is 5.92 Å². The van der Waals surface area contributed by atoms with Crippen LogP contribution >= 0.6 is 0 Å². The SMILES string of the molecule is CC#CC(CCCCCCCCC)CCCCCCCCCCCCC. The highest BCUT2D eigenvalue weighted by molar-refractivity contribution is 5.00. The van der Waals surface area contributed by atoms with E-state index in [-0.39, 0.29) is 0 Å². The molecule has 0 aromatic rings. The van der Waals surface area contributed by atoms with Gasteiger partial charge in [0, 0.05) is 5.92 Å². The van der Waals surface area contributed by atoms with Crippen LogP contribution in [0.2, 0.25) is 0 Å². The largest absolute Gasteiger partial charge is 0.106 e. The van der Waals surface area contributed by atoms with Crippen molar-refractivity contribution in [3.05, 3.63) is 0 Å². The van der Waals surface area contributed by atoms with Crippen LogP contribution in [0.4, 0.5) is 0 Å². The van der Waals surface area contributed by atoms with Crippen LogP contribution in [-0.2, 0) is 0 Å². The summed E-state index contributed by atoms with van der Waals surface area (Å²) in [5.41, 5.74) is 0. The van der Waals surface area contributed by atoms with Gasteiger partial charge in [-0.1, -0.05) is 129 Å². The molecule has 0 aromatic heterocycles. The Labute approximate surface area is 167 Å². The third kappa shape index (κ3) is 19.9. The van der Waals surface area contributed by atoms with E-state index in [1.165, 1.54) is 128 Å². The van der Waals surface area contributed by atoms with Crippen LogP contribution in [0, 0.1) is 17.8 Å². The van der Waals surface area contributed by atoms with Gasteiger partial charge >= 0.3 is 0 Å². The number of rotatable bonds is 20. The molecule has 0 rings (SSSR count). The summed E-state index contributed by atoms with van der Waals surface area (Å²) in [5, 5.41) is 0. The molecule has 0 amide bonds.